The normalized spacial score (nSPS) is 19.0. The number of nitrogens with zero attached hydrogens (tertiary/aromatic N) is 2. The fraction of sp³-hybridized carbons (Fsp3) is 0.562. The second-order valence-corrected chi connectivity index (χ2v) is 6.78. The predicted octanol–water partition coefficient (Wildman–Crippen LogP) is 2.37. The van der Waals surface area contributed by atoms with Crippen LogP contribution in [-0.4, -0.2) is 43.0 Å². The average molecular weight is 352 g/mol. The Kier molecular flexibility index (Phi) is 4.50. The molecule has 0 bridgehead atoms. The molecule has 114 valence electrons. The van der Waals surface area contributed by atoms with Gasteiger partial charge in [-0.25, -0.2) is 0 Å². The second-order valence-electron chi connectivity index (χ2n) is 5.92. The Morgan fingerprint density at radius 3 is 2.57 bits per heavy atom. The maximum Gasteiger partial charge on any atom is 0.219 e. The van der Waals surface area contributed by atoms with Gasteiger partial charge < -0.3 is 15.1 Å². The van der Waals surface area contributed by atoms with Crippen molar-refractivity contribution in [2.45, 2.75) is 32.4 Å². The first-order valence-electron chi connectivity index (χ1n) is 7.66. The average Bonchev–Trinajstić information content (AvgIpc) is 3.30. The van der Waals surface area contributed by atoms with Gasteiger partial charge >= 0.3 is 0 Å². The van der Waals surface area contributed by atoms with Gasteiger partial charge in [-0.1, -0.05) is 22.0 Å². The fourth-order valence-electron chi connectivity index (χ4n) is 2.70. The van der Waals surface area contributed by atoms with Crippen molar-refractivity contribution in [1.29, 1.82) is 0 Å². The van der Waals surface area contributed by atoms with Gasteiger partial charge in [-0.2, -0.15) is 0 Å². The number of hydrogen-bond donors (Lipinski definition) is 1. The summed E-state index contributed by atoms with van der Waals surface area (Å²) >= 11 is 3.69. The lowest BCUT2D eigenvalue weighted by molar-refractivity contribution is -0.129. The molecule has 1 N–H and O–H groups in total. The molecule has 1 aromatic rings. The number of carbonyl (C=O) groups is 1. The van der Waals surface area contributed by atoms with E-state index in [0.29, 0.717) is 0 Å². The van der Waals surface area contributed by atoms with E-state index < -0.39 is 0 Å². The van der Waals surface area contributed by atoms with E-state index in [1.54, 1.807) is 6.92 Å². The molecule has 0 aromatic heterocycles. The number of nitrogens with one attached hydrogen (secondary N) is 1. The highest BCUT2D eigenvalue weighted by Gasteiger charge is 2.21. The van der Waals surface area contributed by atoms with Gasteiger partial charge in [0.15, 0.2) is 0 Å². The van der Waals surface area contributed by atoms with Gasteiger partial charge in [-0.15, -0.1) is 0 Å². The third kappa shape index (κ3) is 3.77. The Balaban J connectivity index is 1.60. The SMILES string of the molecule is CC(=O)N1CCN(c2ccc(CNC3CC3)c(Br)c2)CC1. The minimum absolute atomic E-state index is 0.178. The molecule has 1 aliphatic heterocycles. The molecule has 1 aromatic carbocycles. The first-order valence-corrected chi connectivity index (χ1v) is 8.45. The third-order valence-corrected chi connectivity index (χ3v) is 5.02. The van der Waals surface area contributed by atoms with Crippen LogP contribution in [0.4, 0.5) is 5.69 Å². The molecular weight excluding hydrogens is 330 g/mol. The van der Waals surface area contributed by atoms with Crippen LogP contribution < -0.4 is 10.2 Å². The second kappa shape index (κ2) is 6.36. The molecule has 1 saturated carbocycles. The van der Waals surface area contributed by atoms with Gasteiger partial charge in [0.1, 0.15) is 0 Å². The van der Waals surface area contributed by atoms with Crippen LogP contribution in [0.15, 0.2) is 22.7 Å². The first kappa shape index (κ1) is 14.9. The molecule has 2 aliphatic rings. The Labute approximate surface area is 134 Å². The van der Waals surface area contributed by atoms with Gasteiger partial charge in [0, 0.05) is 55.8 Å². The number of hydrogen-bond acceptors (Lipinski definition) is 3. The topological polar surface area (TPSA) is 35.6 Å². The van der Waals surface area contributed by atoms with E-state index in [0.717, 1.165) is 38.8 Å². The van der Waals surface area contributed by atoms with Crippen LogP contribution in [0.5, 0.6) is 0 Å². The molecule has 1 amide bonds. The van der Waals surface area contributed by atoms with Gasteiger partial charge in [0.25, 0.3) is 0 Å². The molecule has 0 spiro atoms. The van der Waals surface area contributed by atoms with Gasteiger partial charge in [0.2, 0.25) is 5.91 Å². The van der Waals surface area contributed by atoms with Crippen LogP contribution in [0.3, 0.4) is 0 Å². The molecular formula is C16H22BrN3O. The van der Waals surface area contributed by atoms with Crippen LogP contribution in [-0.2, 0) is 11.3 Å². The minimum Gasteiger partial charge on any atom is -0.368 e. The molecule has 0 unspecified atom stereocenters. The number of piperazine rings is 1. The molecule has 4 nitrogen and oxygen atoms in total. The predicted molar refractivity (Wildman–Crippen MR) is 88.5 cm³/mol. The number of rotatable bonds is 4. The smallest absolute Gasteiger partial charge is 0.219 e. The van der Waals surface area contributed by atoms with E-state index in [1.165, 1.54) is 28.6 Å². The molecule has 1 saturated heterocycles. The van der Waals surface area contributed by atoms with E-state index in [9.17, 15) is 4.79 Å². The summed E-state index contributed by atoms with van der Waals surface area (Å²) in [6.45, 7) is 6.03. The van der Waals surface area contributed by atoms with E-state index >= 15 is 0 Å². The zero-order chi connectivity index (χ0) is 14.8. The molecule has 0 radical (unpaired) electrons. The summed E-state index contributed by atoms with van der Waals surface area (Å²) in [5, 5.41) is 3.54. The van der Waals surface area contributed by atoms with E-state index in [4.69, 9.17) is 0 Å². The van der Waals surface area contributed by atoms with Crippen molar-refractivity contribution < 1.29 is 4.79 Å². The number of benzene rings is 1. The van der Waals surface area contributed by atoms with Crippen molar-refractivity contribution in [3.8, 4) is 0 Å². The fourth-order valence-corrected chi connectivity index (χ4v) is 3.20. The third-order valence-electron chi connectivity index (χ3n) is 4.29. The Bertz CT molecular complexity index is 522. The summed E-state index contributed by atoms with van der Waals surface area (Å²) in [5.74, 6) is 0.178. The molecule has 0 atom stereocenters. The quantitative estimate of drug-likeness (QED) is 0.904. The van der Waals surface area contributed by atoms with Crippen molar-refractivity contribution in [3.05, 3.63) is 28.2 Å². The summed E-state index contributed by atoms with van der Waals surface area (Å²) in [6, 6.07) is 7.33. The van der Waals surface area contributed by atoms with Crippen LogP contribution in [0.1, 0.15) is 25.3 Å². The summed E-state index contributed by atoms with van der Waals surface area (Å²) in [6.07, 6.45) is 2.63. The lowest BCUT2D eigenvalue weighted by Gasteiger charge is -2.35. The molecule has 1 heterocycles. The van der Waals surface area contributed by atoms with E-state index in [1.807, 2.05) is 4.90 Å². The minimum atomic E-state index is 0.178. The number of anilines is 1. The highest BCUT2D eigenvalue weighted by molar-refractivity contribution is 9.10. The summed E-state index contributed by atoms with van der Waals surface area (Å²) < 4.78 is 1.17. The molecule has 3 rings (SSSR count). The Morgan fingerprint density at radius 1 is 1.29 bits per heavy atom. The lowest BCUT2D eigenvalue weighted by atomic mass is 10.1. The zero-order valence-corrected chi connectivity index (χ0v) is 14.0. The lowest BCUT2D eigenvalue weighted by Crippen LogP contribution is -2.48. The first-order chi connectivity index (χ1) is 10.1. The van der Waals surface area contributed by atoms with Crippen LogP contribution >= 0.6 is 15.9 Å². The highest BCUT2D eigenvalue weighted by Crippen LogP contribution is 2.26. The van der Waals surface area contributed by atoms with E-state index in [-0.39, 0.29) is 5.91 Å². The standard InChI is InChI=1S/C16H22BrN3O/c1-12(21)19-6-8-20(9-7-19)15-5-2-13(16(17)10-15)11-18-14-3-4-14/h2,5,10,14,18H,3-4,6-9,11H2,1H3. The van der Waals surface area contributed by atoms with Crippen molar-refractivity contribution >= 4 is 27.5 Å². The molecule has 5 heteroatoms. The Hall–Kier alpha value is -1.07. The highest BCUT2D eigenvalue weighted by atomic mass is 79.9. The maximum absolute atomic E-state index is 11.4. The van der Waals surface area contributed by atoms with Crippen LogP contribution in [0.2, 0.25) is 0 Å². The van der Waals surface area contributed by atoms with Gasteiger partial charge in [0.05, 0.1) is 0 Å². The van der Waals surface area contributed by atoms with Crippen molar-refractivity contribution in [2.75, 3.05) is 31.1 Å². The van der Waals surface area contributed by atoms with Gasteiger partial charge in [-0.05, 0) is 30.5 Å². The molecule has 2 fully saturated rings. The van der Waals surface area contributed by atoms with Crippen LogP contribution in [0.25, 0.3) is 0 Å². The number of carbonyl (C=O) groups excluding carboxylic acids is 1. The number of amides is 1. The number of halogens is 1. The maximum atomic E-state index is 11.4. The molecule has 1 aliphatic carbocycles. The monoisotopic (exact) mass is 351 g/mol. The van der Waals surface area contributed by atoms with Crippen LogP contribution in [0, 0.1) is 0 Å². The van der Waals surface area contributed by atoms with E-state index in [2.05, 4.69) is 44.3 Å². The van der Waals surface area contributed by atoms with Crippen molar-refractivity contribution in [1.82, 2.24) is 10.2 Å². The Morgan fingerprint density at radius 2 is 2.00 bits per heavy atom. The summed E-state index contributed by atoms with van der Waals surface area (Å²) in [5.41, 5.74) is 2.55. The van der Waals surface area contributed by atoms with Gasteiger partial charge in [-0.3, -0.25) is 4.79 Å². The zero-order valence-electron chi connectivity index (χ0n) is 12.4. The molecule has 21 heavy (non-hydrogen) atoms. The largest absolute Gasteiger partial charge is 0.368 e. The van der Waals surface area contributed by atoms with Crippen molar-refractivity contribution in [2.24, 2.45) is 0 Å². The van der Waals surface area contributed by atoms with Crippen molar-refractivity contribution in [3.63, 3.8) is 0 Å². The summed E-state index contributed by atoms with van der Waals surface area (Å²) in [4.78, 5) is 15.6. The summed E-state index contributed by atoms with van der Waals surface area (Å²) in [7, 11) is 0.